The SMILES string of the molecule is Cc1ccsc1/C=C/c1noc(C)c1N. The van der Waals surface area contributed by atoms with E-state index in [1.165, 1.54) is 10.4 Å². The summed E-state index contributed by atoms with van der Waals surface area (Å²) in [5, 5.41) is 5.92. The number of hydrogen-bond donors (Lipinski definition) is 1. The fourth-order valence-corrected chi connectivity index (χ4v) is 2.05. The quantitative estimate of drug-likeness (QED) is 0.846. The summed E-state index contributed by atoms with van der Waals surface area (Å²) in [7, 11) is 0. The molecule has 0 saturated heterocycles. The number of nitrogens with two attached hydrogens (primary N) is 1. The van der Waals surface area contributed by atoms with E-state index in [-0.39, 0.29) is 0 Å². The highest BCUT2D eigenvalue weighted by atomic mass is 32.1. The lowest BCUT2D eigenvalue weighted by Gasteiger charge is -1.89. The van der Waals surface area contributed by atoms with Crippen molar-refractivity contribution in [3.63, 3.8) is 0 Å². The number of rotatable bonds is 2. The third-order valence-electron chi connectivity index (χ3n) is 2.23. The average molecular weight is 220 g/mol. The molecule has 0 amide bonds. The first-order valence-corrected chi connectivity index (χ1v) is 5.50. The van der Waals surface area contributed by atoms with E-state index >= 15 is 0 Å². The number of aryl methyl sites for hydroxylation is 2. The van der Waals surface area contributed by atoms with Gasteiger partial charge in [-0.25, -0.2) is 0 Å². The van der Waals surface area contributed by atoms with Crippen LogP contribution in [0.1, 0.15) is 21.9 Å². The molecule has 2 rings (SSSR count). The van der Waals surface area contributed by atoms with E-state index in [0.29, 0.717) is 17.1 Å². The summed E-state index contributed by atoms with van der Waals surface area (Å²) in [5.74, 6) is 0.664. The van der Waals surface area contributed by atoms with Crippen molar-refractivity contribution in [2.45, 2.75) is 13.8 Å². The average Bonchev–Trinajstić information content (AvgIpc) is 2.74. The Bertz CT molecular complexity index is 496. The monoisotopic (exact) mass is 220 g/mol. The van der Waals surface area contributed by atoms with Crippen LogP contribution in [0.5, 0.6) is 0 Å². The first-order chi connectivity index (χ1) is 7.18. The van der Waals surface area contributed by atoms with E-state index in [1.807, 2.05) is 12.2 Å². The number of nitrogens with zero attached hydrogens (tertiary/aromatic N) is 1. The predicted octanol–water partition coefficient (Wildman–Crippen LogP) is 3.11. The van der Waals surface area contributed by atoms with E-state index in [1.54, 1.807) is 18.3 Å². The molecule has 0 radical (unpaired) electrons. The Balaban J connectivity index is 2.26. The predicted molar refractivity (Wildman–Crippen MR) is 63.6 cm³/mol. The maximum absolute atomic E-state index is 5.78. The second-order valence-electron chi connectivity index (χ2n) is 3.34. The molecule has 2 N–H and O–H groups in total. The molecule has 0 aliphatic heterocycles. The zero-order valence-electron chi connectivity index (χ0n) is 8.65. The van der Waals surface area contributed by atoms with Crippen molar-refractivity contribution < 1.29 is 4.52 Å². The molecule has 0 bridgehead atoms. The zero-order valence-corrected chi connectivity index (χ0v) is 9.47. The van der Waals surface area contributed by atoms with Crippen molar-refractivity contribution in [3.05, 3.63) is 33.3 Å². The Hall–Kier alpha value is -1.55. The molecule has 0 aliphatic carbocycles. The number of thiophene rings is 1. The Morgan fingerprint density at radius 3 is 2.73 bits per heavy atom. The summed E-state index contributed by atoms with van der Waals surface area (Å²) >= 11 is 1.70. The number of anilines is 1. The highest BCUT2D eigenvalue weighted by molar-refractivity contribution is 7.11. The number of hydrogen-bond acceptors (Lipinski definition) is 4. The second kappa shape index (κ2) is 3.90. The van der Waals surface area contributed by atoms with Crippen LogP contribution < -0.4 is 5.73 Å². The van der Waals surface area contributed by atoms with Gasteiger partial charge in [0.25, 0.3) is 0 Å². The third-order valence-corrected chi connectivity index (χ3v) is 3.21. The molecule has 2 aromatic rings. The minimum atomic E-state index is 0.612. The molecular weight excluding hydrogens is 208 g/mol. The van der Waals surface area contributed by atoms with Crippen molar-refractivity contribution in [2.24, 2.45) is 0 Å². The van der Waals surface area contributed by atoms with Crippen LogP contribution in [0.15, 0.2) is 16.0 Å². The molecule has 2 aromatic heterocycles. The summed E-state index contributed by atoms with van der Waals surface area (Å²) in [6, 6.07) is 2.09. The lowest BCUT2D eigenvalue weighted by molar-refractivity contribution is 0.397. The van der Waals surface area contributed by atoms with E-state index in [9.17, 15) is 0 Å². The summed E-state index contributed by atoms with van der Waals surface area (Å²) < 4.78 is 4.97. The van der Waals surface area contributed by atoms with Gasteiger partial charge in [-0.1, -0.05) is 5.16 Å². The topological polar surface area (TPSA) is 52.0 Å². The van der Waals surface area contributed by atoms with Gasteiger partial charge in [-0.2, -0.15) is 0 Å². The van der Waals surface area contributed by atoms with E-state index in [0.717, 1.165) is 0 Å². The Labute approximate surface area is 92.2 Å². The molecule has 0 spiro atoms. The van der Waals surface area contributed by atoms with Gasteiger partial charge in [0.1, 0.15) is 11.4 Å². The molecule has 78 valence electrons. The summed E-state index contributed by atoms with van der Waals surface area (Å²) in [6.45, 7) is 3.88. The van der Waals surface area contributed by atoms with Crippen molar-refractivity contribution in [2.75, 3.05) is 5.73 Å². The molecule has 0 aliphatic rings. The third kappa shape index (κ3) is 1.94. The van der Waals surface area contributed by atoms with E-state index in [2.05, 4.69) is 23.5 Å². The maximum atomic E-state index is 5.78. The molecule has 2 heterocycles. The Morgan fingerprint density at radius 1 is 1.40 bits per heavy atom. The van der Waals surface area contributed by atoms with Crippen LogP contribution in [0.3, 0.4) is 0 Å². The fraction of sp³-hybridized carbons (Fsp3) is 0.182. The smallest absolute Gasteiger partial charge is 0.157 e. The van der Waals surface area contributed by atoms with Crippen LogP contribution >= 0.6 is 11.3 Å². The molecule has 0 fully saturated rings. The molecule has 0 unspecified atom stereocenters. The van der Waals surface area contributed by atoms with Gasteiger partial charge in [0.05, 0.1) is 0 Å². The number of nitrogen functional groups attached to an aromatic ring is 1. The maximum Gasteiger partial charge on any atom is 0.157 e. The highest BCUT2D eigenvalue weighted by Gasteiger charge is 2.05. The molecule has 15 heavy (non-hydrogen) atoms. The summed E-state index contributed by atoms with van der Waals surface area (Å²) in [5.41, 5.74) is 8.34. The van der Waals surface area contributed by atoms with Crippen LogP contribution in [0.4, 0.5) is 5.69 Å². The van der Waals surface area contributed by atoms with Gasteiger partial charge in [-0.05, 0) is 43.0 Å². The summed E-state index contributed by atoms with van der Waals surface area (Å²) in [4.78, 5) is 1.22. The lowest BCUT2D eigenvalue weighted by atomic mass is 10.2. The van der Waals surface area contributed by atoms with Crippen LogP contribution in [0.2, 0.25) is 0 Å². The van der Waals surface area contributed by atoms with Crippen LogP contribution in [-0.4, -0.2) is 5.16 Å². The molecule has 0 atom stereocenters. The van der Waals surface area contributed by atoms with Gasteiger partial charge in [-0.3, -0.25) is 0 Å². The fourth-order valence-electron chi connectivity index (χ4n) is 1.23. The van der Waals surface area contributed by atoms with Crippen molar-refractivity contribution in [1.29, 1.82) is 0 Å². The zero-order chi connectivity index (χ0) is 10.8. The van der Waals surface area contributed by atoms with E-state index in [4.69, 9.17) is 10.3 Å². The normalized spacial score (nSPS) is 11.3. The Morgan fingerprint density at radius 2 is 2.20 bits per heavy atom. The molecule has 3 nitrogen and oxygen atoms in total. The van der Waals surface area contributed by atoms with Gasteiger partial charge in [-0.15, -0.1) is 11.3 Å². The van der Waals surface area contributed by atoms with Crippen molar-refractivity contribution in [3.8, 4) is 0 Å². The molecule has 4 heteroatoms. The van der Waals surface area contributed by atoms with Gasteiger partial charge < -0.3 is 10.3 Å². The first-order valence-electron chi connectivity index (χ1n) is 4.62. The van der Waals surface area contributed by atoms with Gasteiger partial charge in [0, 0.05) is 4.88 Å². The minimum Gasteiger partial charge on any atom is -0.394 e. The van der Waals surface area contributed by atoms with Gasteiger partial charge >= 0.3 is 0 Å². The summed E-state index contributed by atoms with van der Waals surface area (Å²) in [6.07, 6.45) is 3.89. The van der Waals surface area contributed by atoms with Crippen LogP contribution in [-0.2, 0) is 0 Å². The molecule has 0 saturated carbocycles. The number of aromatic nitrogens is 1. The van der Waals surface area contributed by atoms with Gasteiger partial charge in [0.15, 0.2) is 5.76 Å². The minimum absolute atomic E-state index is 0.612. The van der Waals surface area contributed by atoms with Gasteiger partial charge in [0.2, 0.25) is 0 Å². The van der Waals surface area contributed by atoms with Crippen molar-refractivity contribution in [1.82, 2.24) is 5.16 Å². The van der Waals surface area contributed by atoms with Crippen LogP contribution in [0.25, 0.3) is 12.2 Å². The molecular formula is C11H12N2OS. The van der Waals surface area contributed by atoms with Crippen molar-refractivity contribution >= 4 is 29.2 Å². The second-order valence-corrected chi connectivity index (χ2v) is 4.29. The Kier molecular flexibility index (Phi) is 2.60. The molecule has 0 aromatic carbocycles. The lowest BCUT2D eigenvalue weighted by Crippen LogP contribution is -1.86. The largest absolute Gasteiger partial charge is 0.394 e. The van der Waals surface area contributed by atoms with Crippen LogP contribution in [0, 0.1) is 13.8 Å². The van der Waals surface area contributed by atoms with E-state index < -0.39 is 0 Å². The first kappa shape index (κ1) is 9.98. The highest BCUT2D eigenvalue weighted by Crippen LogP contribution is 2.21. The standard InChI is InChI=1S/C11H12N2OS/c1-7-5-6-15-10(7)4-3-9-11(12)8(2)14-13-9/h3-6H,12H2,1-2H3/b4-3+.